The number of fused-ring (bicyclic) bond motifs is 1. The van der Waals surface area contributed by atoms with E-state index in [4.69, 9.17) is 0 Å². The van der Waals surface area contributed by atoms with Crippen LogP contribution in [0.15, 0.2) is 29.0 Å². The molecule has 0 spiro atoms. The number of hydrogen-bond donors (Lipinski definition) is 0. The van der Waals surface area contributed by atoms with Gasteiger partial charge in [-0.15, -0.1) is 0 Å². The number of rotatable bonds is 1. The Bertz CT molecular complexity index is 431. The zero-order valence-corrected chi connectivity index (χ0v) is 9.25. The zero-order valence-electron chi connectivity index (χ0n) is 7.66. The Kier molecular flexibility index (Phi) is 2.12. The average Bonchev–Trinajstić information content (AvgIpc) is 2.48. The molecule has 0 saturated heterocycles. The van der Waals surface area contributed by atoms with E-state index in [2.05, 4.69) is 39.2 Å². The lowest BCUT2D eigenvalue weighted by molar-refractivity contribution is 0.770. The van der Waals surface area contributed by atoms with Crippen LogP contribution in [0.2, 0.25) is 0 Å². The summed E-state index contributed by atoms with van der Waals surface area (Å²) >= 11 is 3.50. The zero-order chi connectivity index (χ0) is 9.42. The molecular weight excluding hydrogens is 228 g/mol. The molecule has 2 nitrogen and oxygen atoms in total. The summed E-state index contributed by atoms with van der Waals surface area (Å²) in [5, 5.41) is 0. The highest BCUT2D eigenvalue weighted by molar-refractivity contribution is 9.10. The van der Waals surface area contributed by atoms with Crippen LogP contribution in [0.5, 0.6) is 0 Å². The SMILES string of the molecule is CC(C)c1ncc2c(Br)cccn12. The fraction of sp³-hybridized carbons (Fsp3) is 0.300. The third-order valence-corrected chi connectivity index (χ3v) is 2.73. The maximum atomic E-state index is 4.39. The van der Waals surface area contributed by atoms with Crippen LogP contribution in [0, 0.1) is 0 Å². The average molecular weight is 239 g/mol. The van der Waals surface area contributed by atoms with Crippen molar-refractivity contribution in [3.63, 3.8) is 0 Å². The molecule has 0 fully saturated rings. The maximum absolute atomic E-state index is 4.39. The van der Waals surface area contributed by atoms with Gasteiger partial charge in [0.05, 0.1) is 11.7 Å². The summed E-state index contributed by atoms with van der Waals surface area (Å²) in [6.07, 6.45) is 3.95. The predicted molar refractivity (Wildman–Crippen MR) is 57.0 cm³/mol. The summed E-state index contributed by atoms with van der Waals surface area (Å²) in [6.45, 7) is 4.30. The highest BCUT2D eigenvalue weighted by Gasteiger charge is 2.07. The molecule has 0 N–H and O–H groups in total. The first-order chi connectivity index (χ1) is 6.20. The quantitative estimate of drug-likeness (QED) is 0.746. The van der Waals surface area contributed by atoms with Crippen LogP contribution < -0.4 is 0 Å². The van der Waals surface area contributed by atoms with Crippen LogP contribution in [0.1, 0.15) is 25.6 Å². The summed E-state index contributed by atoms with van der Waals surface area (Å²) in [5.74, 6) is 1.56. The van der Waals surface area contributed by atoms with Crippen LogP contribution in [0.3, 0.4) is 0 Å². The van der Waals surface area contributed by atoms with E-state index in [0.29, 0.717) is 5.92 Å². The molecule has 2 rings (SSSR count). The van der Waals surface area contributed by atoms with Crippen molar-refractivity contribution in [3.8, 4) is 0 Å². The molecule has 0 aliphatic heterocycles. The molecule has 0 aliphatic rings. The molecule has 13 heavy (non-hydrogen) atoms. The monoisotopic (exact) mass is 238 g/mol. The van der Waals surface area contributed by atoms with Gasteiger partial charge in [0.1, 0.15) is 5.82 Å². The van der Waals surface area contributed by atoms with Crippen molar-refractivity contribution in [1.29, 1.82) is 0 Å². The Morgan fingerprint density at radius 1 is 1.46 bits per heavy atom. The molecule has 0 saturated carbocycles. The third kappa shape index (κ3) is 1.37. The molecule has 0 amide bonds. The molecule has 0 radical (unpaired) electrons. The Morgan fingerprint density at radius 2 is 2.23 bits per heavy atom. The molecule has 0 aliphatic carbocycles. The largest absolute Gasteiger partial charge is 0.302 e. The van der Waals surface area contributed by atoms with E-state index in [9.17, 15) is 0 Å². The second kappa shape index (κ2) is 3.14. The van der Waals surface area contributed by atoms with Gasteiger partial charge >= 0.3 is 0 Å². The summed E-state index contributed by atoms with van der Waals surface area (Å²) < 4.78 is 3.21. The molecule has 2 aromatic heterocycles. The lowest BCUT2D eigenvalue weighted by Crippen LogP contribution is -1.96. The molecular formula is C10H11BrN2. The summed E-state index contributed by atoms with van der Waals surface area (Å²) in [6, 6.07) is 4.05. The first kappa shape index (κ1) is 8.75. The highest BCUT2D eigenvalue weighted by atomic mass is 79.9. The predicted octanol–water partition coefficient (Wildman–Crippen LogP) is 3.22. The molecule has 2 heterocycles. The van der Waals surface area contributed by atoms with Gasteiger partial charge in [0.25, 0.3) is 0 Å². The fourth-order valence-corrected chi connectivity index (χ4v) is 1.88. The van der Waals surface area contributed by atoms with E-state index >= 15 is 0 Å². The Morgan fingerprint density at radius 3 is 2.92 bits per heavy atom. The topological polar surface area (TPSA) is 17.3 Å². The molecule has 0 bridgehead atoms. The Balaban J connectivity index is 2.75. The van der Waals surface area contributed by atoms with Crippen LogP contribution in [0.4, 0.5) is 0 Å². The minimum absolute atomic E-state index is 0.455. The molecule has 0 aromatic carbocycles. The van der Waals surface area contributed by atoms with Crippen LogP contribution >= 0.6 is 15.9 Å². The van der Waals surface area contributed by atoms with Gasteiger partial charge < -0.3 is 4.40 Å². The van der Waals surface area contributed by atoms with Crippen molar-refractivity contribution in [1.82, 2.24) is 9.38 Å². The van der Waals surface area contributed by atoms with Gasteiger partial charge in [0.15, 0.2) is 0 Å². The number of hydrogen-bond acceptors (Lipinski definition) is 1. The van der Waals surface area contributed by atoms with Gasteiger partial charge in [0, 0.05) is 16.6 Å². The Labute approximate surface area is 85.7 Å². The van der Waals surface area contributed by atoms with Gasteiger partial charge in [-0.25, -0.2) is 4.98 Å². The molecule has 0 unspecified atom stereocenters. The normalized spacial score (nSPS) is 11.4. The van der Waals surface area contributed by atoms with E-state index in [1.54, 1.807) is 0 Å². The maximum Gasteiger partial charge on any atom is 0.115 e. The summed E-state index contributed by atoms with van der Waals surface area (Å²) in [7, 11) is 0. The second-order valence-electron chi connectivity index (χ2n) is 3.38. The first-order valence-electron chi connectivity index (χ1n) is 4.31. The van der Waals surface area contributed by atoms with Crippen molar-refractivity contribution in [2.45, 2.75) is 19.8 Å². The summed E-state index contributed by atoms with van der Waals surface area (Å²) in [5.41, 5.74) is 1.13. The van der Waals surface area contributed by atoms with Crippen LogP contribution in [0.25, 0.3) is 5.52 Å². The number of nitrogens with zero attached hydrogens (tertiary/aromatic N) is 2. The molecule has 3 heteroatoms. The van der Waals surface area contributed by atoms with Gasteiger partial charge in [-0.1, -0.05) is 13.8 Å². The molecule has 2 aromatic rings. The van der Waals surface area contributed by atoms with Crippen molar-refractivity contribution in [2.75, 3.05) is 0 Å². The highest BCUT2D eigenvalue weighted by Crippen LogP contribution is 2.21. The van der Waals surface area contributed by atoms with E-state index in [0.717, 1.165) is 15.8 Å². The number of pyridine rings is 1. The minimum atomic E-state index is 0.455. The van der Waals surface area contributed by atoms with E-state index < -0.39 is 0 Å². The Hall–Kier alpha value is -0.830. The third-order valence-electron chi connectivity index (χ3n) is 2.06. The fourth-order valence-electron chi connectivity index (χ4n) is 1.43. The van der Waals surface area contributed by atoms with Gasteiger partial charge in [-0.05, 0) is 28.1 Å². The number of imidazole rings is 1. The van der Waals surface area contributed by atoms with Crippen LogP contribution in [-0.4, -0.2) is 9.38 Å². The summed E-state index contributed by atoms with van der Waals surface area (Å²) in [4.78, 5) is 4.39. The second-order valence-corrected chi connectivity index (χ2v) is 4.24. The van der Waals surface area contributed by atoms with E-state index in [1.165, 1.54) is 0 Å². The van der Waals surface area contributed by atoms with Gasteiger partial charge in [-0.3, -0.25) is 0 Å². The van der Waals surface area contributed by atoms with Crippen molar-refractivity contribution in [3.05, 3.63) is 34.8 Å². The van der Waals surface area contributed by atoms with E-state index in [-0.39, 0.29) is 0 Å². The molecule has 0 atom stereocenters. The van der Waals surface area contributed by atoms with Crippen molar-refractivity contribution < 1.29 is 0 Å². The van der Waals surface area contributed by atoms with Gasteiger partial charge in [-0.2, -0.15) is 0 Å². The number of halogens is 1. The van der Waals surface area contributed by atoms with Crippen LogP contribution in [-0.2, 0) is 0 Å². The lowest BCUT2D eigenvalue weighted by Gasteiger charge is -2.03. The van der Waals surface area contributed by atoms with Crippen molar-refractivity contribution >= 4 is 21.4 Å². The number of aromatic nitrogens is 2. The van der Waals surface area contributed by atoms with Gasteiger partial charge in [0.2, 0.25) is 0 Å². The lowest BCUT2D eigenvalue weighted by atomic mass is 10.2. The van der Waals surface area contributed by atoms with Crippen molar-refractivity contribution in [2.24, 2.45) is 0 Å². The standard InChI is InChI=1S/C10H11BrN2/c1-7(2)10-12-6-9-8(11)4-3-5-13(9)10/h3-7H,1-2H3. The van der Waals surface area contributed by atoms with E-state index in [1.807, 2.05) is 24.5 Å². The first-order valence-corrected chi connectivity index (χ1v) is 5.11. The minimum Gasteiger partial charge on any atom is -0.302 e. The smallest absolute Gasteiger partial charge is 0.115 e. The molecule has 68 valence electrons.